The highest BCUT2D eigenvalue weighted by molar-refractivity contribution is 5.91. The number of aromatic nitrogens is 2. The van der Waals surface area contributed by atoms with Gasteiger partial charge in [-0.3, -0.25) is 4.79 Å². The van der Waals surface area contributed by atoms with Crippen molar-refractivity contribution in [3.05, 3.63) is 65.9 Å². The summed E-state index contributed by atoms with van der Waals surface area (Å²) in [5, 5.41) is 0. The van der Waals surface area contributed by atoms with Gasteiger partial charge in [-0.05, 0) is 30.3 Å². The SMILES string of the molecule is O=C(c1ccco1)N1CCN(c2cc(-c3cc(C(F)(F)F)cc(C(F)(F)F)c3)ncn2)CC1. The number of amides is 1. The van der Waals surface area contributed by atoms with Gasteiger partial charge in [0.2, 0.25) is 0 Å². The summed E-state index contributed by atoms with van der Waals surface area (Å²) >= 11 is 0. The minimum atomic E-state index is -4.96. The van der Waals surface area contributed by atoms with E-state index in [2.05, 4.69) is 9.97 Å². The zero-order chi connectivity index (χ0) is 23.8. The third kappa shape index (κ3) is 4.94. The van der Waals surface area contributed by atoms with Crippen LogP contribution in [-0.2, 0) is 12.4 Å². The van der Waals surface area contributed by atoms with E-state index >= 15 is 0 Å². The number of halogens is 6. The Morgan fingerprint density at radius 2 is 1.52 bits per heavy atom. The largest absolute Gasteiger partial charge is 0.459 e. The molecule has 1 aromatic carbocycles. The van der Waals surface area contributed by atoms with Gasteiger partial charge in [-0.1, -0.05) is 0 Å². The van der Waals surface area contributed by atoms with Crippen LogP contribution in [0, 0.1) is 0 Å². The van der Waals surface area contributed by atoms with Gasteiger partial charge < -0.3 is 14.2 Å². The Morgan fingerprint density at radius 3 is 2.06 bits per heavy atom. The molecule has 0 N–H and O–H groups in total. The standard InChI is InChI=1S/C21H16F6N4O2/c22-20(23,24)14-8-13(9-15(10-14)21(25,26)27)16-11-18(29-12-28-16)30-3-5-31(6-4-30)19(32)17-2-1-7-33-17/h1-2,7-12H,3-6H2. The van der Waals surface area contributed by atoms with E-state index in [-0.39, 0.29) is 29.0 Å². The molecule has 1 aliphatic rings. The highest BCUT2D eigenvalue weighted by Crippen LogP contribution is 2.38. The molecule has 3 heterocycles. The Kier molecular flexibility index (Phi) is 5.76. The molecule has 6 nitrogen and oxygen atoms in total. The van der Waals surface area contributed by atoms with E-state index in [0.717, 1.165) is 6.33 Å². The minimum absolute atomic E-state index is 0.0703. The average molecular weight is 470 g/mol. The highest BCUT2D eigenvalue weighted by Gasteiger charge is 2.37. The number of carbonyl (C=O) groups excluding carboxylic acids is 1. The van der Waals surface area contributed by atoms with Gasteiger partial charge in [0.05, 0.1) is 23.1 Å². The van der Waals surface area contributed by atoms with Crippen LogP contribution in [0.15, 0.2) is 53.4 Å². The van der Waals surface area contributed by atoms with E-state index in [1.165, 1.54) is 12.3 Å². The molecule has 4 rings (SSSR count). The van der Waals surface area contributed by atoms with E-state index in [0.29, 0.717) is 44.1 Å². The topological polar surface area (TPSA) is 62.5 Å². The molecule has 0 atom stereocenters. The van der Waals surface area contributed by atoms with Crippen molar-refractivity contribution < 1.29 is 35.6 Å². The number of hydrogen-bond acceptors (Lipinski definition) is 5. The Labute approximate surface area is 183 Å². The van der Waals surface area contributed by atoms with Crippen molar-refractivity contribution in [3.63, 3.8) is 0 Å². The molecule has 3 aromatic rings. The molecular formula is C21H16F6N4O2. The smallest absolute Gasteiger partial charge is 0.416 e. The van der Waals surface area contributed by atoms with Crippen molar-refractivity contribution in [2.75, 3.05) is 31.1 Å². The molecule has 174 valence electrons. The summed E-state index contributed by atoms with van der Waals surface area (Å²) in [6.45, 7) is 1.39. The molecule has 12 heteroatoms. The monoisotopic (exact) mass is 470 g/mol. The second kappa shape index (κ2) is 8.41. The van der Waals surface area contributed by atoms with Gasteiger partial charge in [-0.2, -0.15) is 26.3 Å². The zero-order valence-electron chi connectivity index (χ0n) is 16.8. The van der Waals surface area contributed by atoms with Gasteiger partial charge in [0.15, 0.2) is 5.76 Å². The van der Waals surface area contributed by atoms with Crippen LogP contribution in [0.25, 0.3) is 11.3 Å². The van der Waals surface area contributed by atoms with Crippen molar-refractivity contribution in [3.8, 4) is 11.3 Å². The van der Waals surface area contributed by atoms with E-state index in [1.807, 2.05) is 0 Å². The van der Waals surface area contributed by atoms with Crippen molar-refractivity contribution in [1.29, 1.82) is 0 Å². The Morgan fingerprint density at radius 1 is 0.879 bits per heavy atom. The van der Waals surface area contributed by atoms with Gasteiger partial charge in [-0.15, -0.1) is 0 Å². The molecule has 0 bridgehead atoms. The Bertz CT molecular complexity index is 1100. The number of hydrogen-bond donors (Lipinski definition) is 0. The number of anilines is 1. The predicted octanol–water partition coefficient (Wildman–Crippen LogP) is 4.74. The fourth-order valence-electron chi connectivity index (χ4n) is 3.48. The second-order valence-electron chi connectivity index (χ2n) is 7.31. The van der Waals surface area contributed by atoms with Crippen molar-refractivity contribution in [2.24, 2.45) is 0 Å². The Balaban J connectivity index is 1.57. The van der Waals surface area contributed by atoms with Crippen LogP contribution in [-0.4, -0.2) is 47.0 Å². The first-order chi connectivity index (χ1) is 15.5. The normalized spacial score (nSPS) is 15.1. The van der Waals surface area contributed by atoms with Crippen LogP contribution in [0.1, 0.15) is 21.7 Å². The lowest BCUT2D eigenvalue weighted by Gasteiger charge is -2.35. The summed E-state index contributed by atoms with van der Waals surface area (Å²) in [5.41, 5.74) is -3.24. The predicted molar refractivity (Wildman–Crippen MR) is 104 cm³/mol. The number of nitrogens with zero attached hydrogens (tertiary/aromatic N) is 4. The number of benzene rings is 1. The molecule has 0 aliphatic carbocycles. The number of furan rings is 1. The molecule has 0 unspecified atom stereocenters. The Hall–Kier alpha value is -3.57. The molecule has 1 amide bonds. The number of alkyl halides is 6. The van der Waals surface area contributed by atoms with E-state index < -0.39 is 23.5 Å². The molecule has 1 fully saturated rings. The van der Waals surface area contributed by atoms with Crippen LogP contribution in [0.5, 0.6) is 0 Å². The number of piperazine rings is 1. The summed E-state index contributed by atoms with van der Waals surface area (Å²) in [7, 11) is 0. The quantitative estimate of drug-likeness (QED) is 0.518. The van der Waals surface area contributed by atoms with Gasteiger partial charge in [0, 0.05) is 37.8 Å². The van der Waals surface area contributed by atoms with E-state index in [1.54, 1.807) is 21.9 Å². The zero-order valence-corrected chi connectivity index (χ0v) is 16.8. The molecule has 33 heavy (non-hydrogen) atoms. The van der Waals surface area contributed by atoms with Crippen molar-refractivity contribution >= 4 is 11.7 Å². The lowest BCUT2D eigenvalue weighted by Crippen LogP contribution is -2.49. The maximum atomic E-state index is 13.2. The lowest BCUT2D eigenvalue weighted by molar-refractivity contribution is -0.143. The summed E-state index contributed by atoms with van der Waals surface area (Å²) in [6, 6.07) is 5.81. The summed E-state index contributed by atoms with van der Waals surface area (Å²) in [5.74, 6) is 0.264. The highest BCUT2D eigenvalue weighted by atomic mass is 19.4. The van der Waals surface area contributed by atoms with Gasteiger partial charge in [0.1, 0.15) is 12.1 Å². The minimum Gasteiger partial charge on any atom is -0.459 e. The van der Waals surface area contributed by atoms with Crippen LogP contribution in [0.4, 0.5) is 32.2 Å². The second-order valence-corrected chi connectivity index (χ2v) is 7.31. The fourth-order valence-corrected chi connectivity index (χ4v) is 3.48. The first kappa shape index (κ1) is 22.6. The summed E-state index contributed by atoms with van der Waals surface area (Å²) in [6.07, 6.45) is -7.44. The molecule has 0 radical (unpaired) electrons. The molecule has 0 saturated carbocycles. The van der Waals surface area contributed by atoms with Crippen molar-refractivity contribution in [2.45, 2.75) is 12.4 Å². The summed E-state index contributed by atoms with van der Waals surface area (Å²) < 4.78 is 84.2. The van der Waals surface area contributed by atoms with Crippen LogP contribution in [0.3, 0.4) is 0 Å². The third-order valence-corrected chi connectivity index (χ3v) is 5.16. The van der Waals surface area contributed by atoms with Crippen LogP contribution in [0.2, 0.25) is 0 Å². The maximum absolute atomic E-state index is 13.2. The molecular weight excluding hydrogens is 454 g/mol. The summed E-state index contributed by atoms with van der Waals surface area (Å²) in [4.78, 5) is 23.7. The van der Waals surface area contributed by atoms with Crippen LogP contribution >= 0.6 is 0 Å². The van der Waals surface area contributed by atoms with E-state index in [4.69, 9.17) is 4.42 Å². The first-order valence-corrected chi connectivity index (χ1v) is 9.72. The average Bonchev–Trinajstić information content (AvgIpc) is 3.32. The maximum Gasteiger partial charge on any atom is 0.416 e. The fraction of sp³-hybridized carbons (Fsp3) is 0.286. The van der Waals surface area contributed by atoms with Crippen LogP contribution < -0.4 is 4.90 Å². The lowest BCUT2D eigenvalue weighted by atomic mass is 10.0. The molecule has 1 aliphatic heterocycles. The molecule has 2 aromatic heterocycles. The van der Waals surface area contributed by atoms with Gasteiger partial charge in [-0.25, -0.2) is 9.97 Å². The van der Waals surface area contributed by atoms with E-state index in [9.17, 15) is 31.1 Å². The van der Waals surface area contributed by atoms with Crippen molar-refractivity contribution in [1.82, 2.24) is 14.9 Å². The molecule has 1 saturated heterocycles. The number of rotatable bonds is 3. The first-order valence-electron chi connectivity index (χ1n) is 9.72. The molecule has 0 spiro atoms. The van der Waals surface area contributed by atoms with Gasteiger partial charge >= 0.3 is 12.4 Å². The number of carbonyl (C=O) groups is 1. The third-order valence-electron chi connectivity index (χ3n) is 5.16. The van der Waals surface area contributed by atoms with Gasteiger partial charge in [0.25, 0.3) is 5.91 Å².